The van der Waals surface area contributed by atoms with Crippen LogP contribution in [0, 0.1) is 0 Å². The highest BCUT2D eigenvalue weighted by Crippen LogP contribution is 2.27. The molecule has 20 heavy (non-hydrogen) atoms. The van der Waals surface area contributed by atoms with Gasteiger partial charge in [0.2, 0.25) is 5.91 Å². The number of thiocarbonyl (C=S) groups is 1. The molecule has 110 valence electrons. The molecule has 0 fully saturated rings. The fourth-order valence-corrected chi connectivity index (χ4v) is 2.40. The molecule has 2 N–H and O–H groups in total. The van der Waals surface area contributed by atoms with Crippen molar-refractivity contribution in [3.8, 4) is 5.75 Å². The first-order valence-corrected chi connectivity index (χ1v) is 7.71. The predicted octanol–water partition coefficient (Wildman–Crippen LogP) is 3.85. The van der Waals surface area contributed by atoms with Gasteiger partial charge in [-0.2, -0.15) is 0 Å². The number of halogens is 1. The van der Waals surface area contributed by atoms with Crippen LogP contribution in [0.1, 0.15) is 32.6 Å². The van der Waals surface area contributed by atoms with Crippen molar-refractivity contribution < 1.29 is 9.53 Å². The molecule has 4 nitrogen and oxygen atoms in total. The zero-order valence-corrected chi connectivity index (χ0v) is 14.1. The Labute approximate surface area is 133 Å². The van der Waals surface area contributed by atoms with Crippen LogP contribution in [0.25, 0.3) is 0 Å². The van der Waals surface area contributed by atoms with Crippen molar-refractivity contribution in [1.82, 2.24) is 5.32 Å². The number of amides is 1. The first-order chi connectivity index (χ1) is 9.56. The van der Waals surface area contributed by atoms with Crippen LogP contribution in [-0.2, 0) is 4.79 Å². The van der Waals surface area contributed by atoms with Crippen LogP contribution in [0.15, 0.2) is 22.7 Å². The molecular formula is C14H19BrN2O2S. The summed E-state index contributed by atoms with van der Waals surface area (Å²) in [5, 5.41) is 5.95. The molecule has 1 aromatic rings. The van der Waals surface area contributed by atoms with Gasteiger partial charge in [0.15, 0.2) is 5.11 Å². The van der Waals surface area contributed by atoms with Gasteiger partial charge in [0.25, 0.3) is 0 Å². The third kappa shape index (κ3) is 5.88. The first-order valence-electron chi connectivity index (χ1n) is 6.51. The average Bonchev–Trinajstić information content (AvgIpc) is 2.39. The molecule has 0 aliphatic carbocycles. The zero-order chi connectivity index (χ0) is 15.0. The van der Waals surface area contributed by atoms with Crippen LogP contribution >= 0.6 is 28.1 Å². The highest BCUT2D eigenvalue weighted by atomic mass is 79.9. The molecule has 6 heteroatoms. The van der Waals surface area contributed by atoms with E-state index < -0.39 is 0 Å². The summed E-state index contributed by atoms with van der Waals surface area (Å²) in [6, 6.07) is 5.49. The van der Waals surface area contributed by atoms with Crippen molar-refractivity contribution in [1.29, 1.82) is 0 Å². The molecule has 1 aromatic carbocycles. The number of nitrogens with one attached hydrogen (secondary N) is 2. The van der Waals surface area contributed by atoms with E-state index in [2.05, 4.69) is 33.5 Å². The maximum absolute atomic E-state index is 11.6. The summed E-state index contributed by atoms with van der Waals surface area (Å²) in [5.74, 6) is 0.689. The molecule has 0 unspecified atom stereocenters. The molecule has 0 heterocycles. The Kier molecular flexibility index (Phi) is 7.54. The highest BCUT2D eigenvalue weighted by molar-refractivity contribution is 9.10. The normalized spacial score (nSPS) is 9.95. The van der Waals surface area contributed by atoms with E-state index >= 15 is 0 Å². The Balaban J connectivity index is 2.46. The van der Waals surface area contributed by atoms with Crippen molar-refractivity contribution >= 4 is 44.9 Å². The fourth-order valence-electron chi connectivity index (χ4n) is 1.63. The Morgan fingerprint density at radius 3 is 2.75 bits per heavy atom. The monoisotopic (exact) mass is 358 g/mol. The molecule has 0 bridgehead atoms. The van der Waals surface area contributed by atoms with E-state index in [1.807, 2.05) is 18.2 Å². The van der Waals surface area contributed by atoms with Gasteiger partial charge in [0.1, 0.15) is 5.75 Å². The minimum Gasteiger partial charge on any atom is -0.496 e. The van der Waals surface area contributed by atoms with Crippen molar-refractivity contribution in [2.75, 3.05) is 12.4 Å². The largest absolute Gasteiger partial charge is 0.496 e. The smallest absolute Gasteiger partial charge is 0.226 e. The lowest BCUT2D eigenvalue weighted by molar-refractivity contribution is -0.119. The summed E-state index contributed by atoms with van der Waals surface area (Å²) >= 11 is 8.50. The lowest BCUT2D eigenvalue weighted by Crippen LogP contribution is -2.33. The lowest BCUT2D eigenvalue weighted by atomic mass is 10.2. The van der Waals surface area contributed by atoms with E-state index in [0.29, 0.717) is 11.5 Å². The SMILES string of the molecule is CCCCCC(=O)NC(=S)Nc1ccc(OC)c(Br)c1. The summed E-state index contributed by atoms with van der Waals surface area (Å²) in [6.45, 7) is 2.10. The molecule has 0 atom stereocenters. The van der Waals surface area contributed by atoms with Crippen LogP contribution < -0.4 is 15.4 Å². The van der Waals surface area contributed by atoms with E-state index in [9.17, 15) is 4.79 Å². The topological polar surface area (TPSA) is 50.4 Å². The zero-order valence-electron chi connectivity index (χ0n) is 11.7. The second-order valence-electron chi connectivity index (χ2n) is 4.31. The fraction of sp³-hybridized carbons (Fsp3) is 0.429. The van der Waals surface area contributed by atoms with Gasteiger partial charge < -0.3 is 15.4 Å². The van der Waals surface area contributed by atoms with Crippen molar-refractivity contribution in [2.24, 2.45) is 0 Å². The summed E-state index contributed by atoms with van der Waals surface area (Å²) in [4.78, 5) is 11.6. The number of anilines is 1. The van der Waals surface area contributed by atoms with Gasteiger partial charge in [-0.15, -0.1) is 0 Å². The quantitative estimate of drug-likeness (QED) is 0.598. The second-order valence-corrected chi connectivity index (χ2v) is 5.57. The Morgan fingerprint density at radius 2 is 2.15 bits per heavy atom. The predicted molar refractivity (Wildman–Crippen MR) is 89.2 cm³/mol. The van der Waals surface area contributed by atoms with Crippen LogP contribution in [0.5, 0.6) is 5.75 Å². The minimum atomic E-state index is -0.0523. The van der Waals surface area contributed by atoms with Crippen molar-refractivity contribution in [3.63, 3.8) is 0 Å². The van der Waals surface area contributed by atoms with E-state index in [4.69, 9.17) is 17.0 Å². The second kappa shape index (κ2) is 8.92. The number of rotatable bonds is 6. The molecule has 0 saturated carbocycles. The summed E-state index contributed by atoms with van der Waals surface area (Å²) in [6.07, 6.45) is 3.54. The van der Waals surface area contributed by atoms with Crippen LogP contribution in [0.3, 0.4) is 0 Å². The molecule has 0 aromatic heterocycles. The first kappa shape index (κ1) is 16.9. The number of hydrogen-bond donors (Lipinski definition) is 2. The van der Waals surface area contributed by atoms with Crippen molar-refractivity contribution in [2.45, 2.75) is 32.6 Å². The van der Waals surface area contributed by atoms with E-state index in [-0.39, 0.29) is 5.91 Å². The molecule has 1 amide bonds. The summed E-state index contributed by atoms with van der Waals surface area (Å²) in [5.41, 5.74) is 0.788. The number of carbonyl (C=O) groups excluding carboxylic acids is 1. The summed E-state index contributed by atoms with van der Waals surface area (Å²) in [7, 11) is 1.61. The van der Waals surface area contributed by atoms with Gasteiger partial charge in [-0.1, -0.05) is 19.8 Å². The lowest BCUT2D eigenvalue weighted by Gasteiger charge is -2.11. The number of benzene rings is 1. The van der Waals surface area contributed by atoms with Crippen LogP contribution in [0.4, 0.5) is 5.69 Å². The highest BCUT2D eigenvalue weighted by Gasteiger charge is 2.06. The number of unbranched alkanes of at least 4 members (excludes halogenated alkanes) is 2. The Hall–Kier alpha value is -1.14. The third-order valence-corrected chi connectivity index (χ3v) is 3.49. The molecule has 0 aliphatic heterocycles. The van der Waals surface area contributed by atoms with E-state index in [1.54, 1.807) is 7.11 Å². The maximum atomic E-state index is 11.6. The molecule has 0 aliphatic rings. The Bertz CT molecular complexity index is 480. The van der Waals surface area contributed by atoms with Gasteiger partial charge in [-0.3, -0.25) is 4.79 Å². The number of carbonyl (C=O) groups is 1. The van der Waals surface area contributed by atoms with Gasteiger partial charge in [-0.25, -0.2) is 0 Å². The van der Waals surface area contributed by atoms with Gasteiger partial charge in [-0.05, 0) is 52.8 Å². The number of hydrogen-bond acceptors (Lipinski definition) is 3. The number of methoxy groups -OCH3 is 1. The van der Waals surface area contributed by atoms with E-state index in [1.165, 1.54) is 0 Å². The van der Waals surface area contributed by atoms with Crippen LogP contribution in [-0.4, -0.2) is 18.1 Å². The maximum Gasteiger partial charge on any atom is 0.226 e. The Morgan fingerprint density at radius 1 is 1.40 bits per heavy atom. The average molecular weight is 359 g/mol. The standard InChI is InChI=1S/C14H19BrN2O2S/c1-3-4-5-6-13(18)17-14(20)16-10-7-8-12(19-2)11(15)9-10/h7-9H,3-6H2,1-2H3,(H2,16,17,18,20). The van der Waals surface area contributed by atoms with Gasteiger partial charge >= 0.3 is 0 Å². The van der Waals surface area contributed by atoms with Crippen molar-refractivity contribution in [3.05, 3.63) is 22.7 Å². The molecule has 0 spiro atoms. The van der Waals surface area contributed by atoms with Gasteiger partial charge in [0.05, 0.1) is 11.6 Å². The minimum absolute atomic E-state index is 0.0523. The molecule has 0 radical (unpaired) electrons. The molecule has 1 rings (SSSR count). The van der Waals surface area contributed by atoms with Gasteiger partial charge in [0, 0.05) is 12.1 Å². The van der Waals surface area contributed by atoms with E-state index in [0.717, 1.165) is 35.2 Å². The summed E-state index contributed by atoms with van der Waals surface area (Å²) < 4.78 is 5.97. The van der Waals surface area contributed by atoms with Crippen LogP contribution in [0.2, 0.25) is 0 Å². The molecular weight excluding hydrogens is 340 g/mol. The molecule has 0 saturated heterocycles. The third-order valence-electron chi connectivity index (χ3n) is 2.67. The number of ether oxygens (including phenoxy) is 1.